The topological polar surface area (TPSA) is 53.0 Å². The molecule has 0 bridgehead atoms. The molecule has 0 aromatic heterocycles. The summed E-state index contributed by atoms with van der Waals surface area (Å²) in [5.41, 5.74) is 6.22. The summed E-state index contributed by atoms with van der Waals surface area (Å²) in [4.78, 5) is 1.79. The average Bonchev–Trinajstić information content (AvgIpc) is 1.95. The van der Waals surface area contributed by atoms with E-state index < -0.39 is 0 Å². The van der Waals surface area contributed by atoms with Crippen LogP contribution in [-0.4, -0.2) is 18.1 Å². The lowest BCUT2D eigenvalue weighted by molar-refractivity contribution is 0.387. The van der Waals surface area contributed by atoms with Crippen LogP contribution in [0.2, 0.25) is 0 Å². The summed E-state index contributed by atoms with van der Waals surface area (Å²) in [5.74, 6) is 0. The summed E-state index contributed by atoms with van der Waals surface area (Å²) in [7, 11) is 1.84. The Hall–Kier alpha value is -1.27. The monoisotopic (exact) mass is 135 g/mol. The lowest BCUT2D eigenvalue weighted by atomic mass is 10.2. The van der Waals surface area contributed by atoms with Crippen LogP contribution in [0.15, 0.2) is 23.9 Å². The summed E-state index contributed by atoms with van der Waals surface area (Å²) in [6.45, 7) is 0. The van der Waals surface area contributed by atoms with Gasteiger partial charge in [-0.1, -0.05) is 0 Å². The van der Waals surface area contributed by atoms with Crippen LogP contribution in [-0.2, 0) is 0 Å². The Bertz CT molecular complexity index is 221. The van der Waals surface area contributed by atoms with Crippen LogP contribution in [0.1, 0.15) is 0 Å². The van der Waals surface area contributed by atoms with Gasteiger partial charge in [-0.15, -0.1) is 0 Å². The van der Waals surface area contributed by atoms with Gasteiger partial charge in [0.1, 0.15) is 6.07 Å². The number of nitriles is 1. The normalized spacial score (nSPS) is 23.9. The van der Waals surface area contributed by atoms with Crippen molar-refractivity contribution in [3.63, 3.8) is 0 Å². The molecule has 0 aliphatic carbocycles. The Morgan fingerprint density at radius 2 is 2.50 bits per heavy atom. The van der Waals surface area contributed by atoms with Crippen LogP contribution in [0.5, 0.6) is 0 Å². The number of hydrogen-bond acceptors (Lipinski definition) is 3. The Kier molecular flexibility index (Phi) is 1.74. The molecule has 1 aliphatic heterocycles. The lowest BCUT2D eigenvalue weighted by Gasteiger charge is -2.22. The minimum Gasteiger partial charge on any atom is -0.361 e. The number of hydrogen-bond donors (Lipinski definition) is 1. The Morgan fingerprint density at radius 1 is 1.80 bits per heavy atom. The van der Waals surface area contributed by atoms with Crippen molar-refractivity contribution in [3.05, 3.63) is 23.9 Å². The van der Waals surface area contributed by atoms with E-state index in [0.717, 1.165) is 0 Å². The lowest BCUT2D eigenvalue weighted by Crippen LogP contribution is -2.35. The summed E-state index contributed by atoms with van der Waals surface area (Å²) < 4.78 is 0. The molecule has 0 aromatic carbocycles. The molecule has 0 saturated carbocycles. The largest absolute Gasteiger partial charge is 0.361 e. The van der Waals surface area contributed by atoms with Crippen molar-refractivity contribution < 1.29 is 0 Å². The highest BCUT2D eigenvalue weighted by Gasteiger charge is 2.06. The predicted molar refractivity (Wildman–Crippen MR) is 38.6 cm³/mol. The smallest absolute Gasteiger partial charge is 0.101 e. The van der Waals surface area contributed by atoms with E-state index in [9.17, 15) is 0 Å². The van der Waals surface area contributed by atoms with Crippen molar-refractivity contribution >= 4 is 0 Å². The summed E-state index contributed by atoms with van der Waals surface area (Å²) in [6, 6.07) is 2.03. The Balaban J connectivity index is 2.78. The molecule has 0 fully saturated rings. The molecule has 0 unspecified atom stereocenters. The van der Waals surface area contributed by atoms with E-state index >= 15 is 0 Å². The van der Waals surface area contributed by atoms with Gasteiger partial charge in [-0.25, -0.2) is 0 Å². The zero-order valence-corrected chi connectivity index (χ0v) is 5.78. The standard InChI is InChI=1S/C7H9N3/c1-10-5-6(4-8)2-3-7(10)9/h2-3,5,7H,9H2,1H3/t7-/m1/s1. The van der Waals surface area contributed by atoms with Crippen LogP contribution < -0.4 is 5.73 Å². The maximum atomic E-state index is 8.46. The number of nitrogens with zero attached hydrogens (tertiary/aromatic N) is 2. The zero-order valence-electron chi connectivity index (χ0n) is 5.78. The fraction of sp³-hybridized carbons (Fsp3) is 0.286. The highest BCUT2D eigenvalue weighted by atomic mass is 15.2. The number of nitrogens with two attached hydrogens (primary N) is 1. The van der Waals surface area contributed by atoms with Gasteiger partial charge in [0.05, 0.1) is 11.7 Å². The minimum atomic E-state index is -0.0860. The van der Waals surface area contributed by atoms with Crippen molar-refractivity contribution in [2.45, 2.75) is 6.17 Å². The molecule has 0 spiro atoms. The molecule has 3 heteroatoms. The van der Waals surface area contributed by atoms with E-state index in [-0.39, 0.29) is 6.17 Å². The first-order valence-electron chi connectivity index (χ1n) is 3.01. The molecule has 1 rings (SSSR count). The molecule has 52 valence electrons. The molecule has 10 heavy (non-hydrogen) atoms. The van der Waals surface area contributed by atoms with Gasteiger partial charge in [-0.3, -0.25) is 0 Å². The van der Waals surface area contributed by atoms with E-state index in [1.807, 2.05) is 13.1 Å². The van der Waals surface area contributed by atoms with Gasteiger partial charge in [-0.2, -0.15) is 5.26 Å². The second-order valence-corrected chi connectivity index (χ2v) is 2.21. The first-order chi connectivity index (χ1) is 4.74. The van der Waals surface area contributed by atoms with E-state index in [4.69, 9.17) is 11.0 Å². The van der Waals surface area contributed by atoms with Crippen LogP contribution in [0.25, 0.3) is 0 Å². The summed E-state index contributed by atoms with van der Waals surface area (Å²) >= 11 is 0. The van der Waals surface area contributed by atoms with Gasteiger partial charge in [0.15, 0.2) is 0 Å². The van der Waals surface area contributed by atoms with Crippen molar-refractivity contribution in [1.82, 2.24) is 4.90 Å². The summed E-state index contributed by atoms with van der Waals surface area (Å²) in [6.07, 6.45) is 5.16. The van der Waals surface area contributed by atoms with E-state index in [1.54, 1.807) is 23.3 Å². The van der Waals surface area contributed by atoms with Gasteiger partial charge in [-0.05, 0) is 12.2 Å². The summed E-state index contributed by atoms with van der Waals surface area (Å²) in [5, 5.41) is 8.46. The highest BCUT2D eigenvalue weighted by molar-refractivity contribution is 5.35. The van der Waals surface area contributed by atoms with Gasteiger partial charge in [0.2, 0.25) is 0 Å². The van der Waals surface area contributed by atoms with E-state index in [1.165, 1.54) is 0 Å². The van der Waals surface area contributed by atoms with Crippen molar-refractivity contribution in [2.75, 3.05) is 7.05 Å². The van der Waals surface area contributed by atoms with Gasteiger partial charge < -0.3 is 10.6 Å². The predicted octanol–water partition coefficient (Wildman–Crippen LogP) is 0.180. The molecule has 1 aliphatic rings. The first kappa shape index (κ1) is 6.84. The molecule has 1 atom stereocenters. The van der Waals surface area contributed by atoms with Gasteiger partial charge >= 0.3 is 0 Å². The van der Waals surface area contributed by atoms with Crippen LogP contribution >= 0.6 is 0 Å². The zero-order chi connectivity index (χ0) is 7.56. The first-order valence-corrected chi connectivity index (χ1v) is 3.01. The fourth-order valence-electron chi connectivity index (χ4n) is 0.753. The second-order valence-electron chi connectivity index (χ2n) is 2.21. The molecule has 3 nitrogen and oxygen atoms in total. The Labute approximate surface area is 60.0 Å². The molecule has 0 aromatic rings. The molecule has 0 radical (unpaired) electrons. The van der Waals surface area contributed by atoms with Crippen molar-refractivity contribution in [3.8, 4) is 6.07 Å². The molecule has 2 N–H and O–H groups in total. The van der Waals surface area contributed by atoms with Gasteiger partial charge in [0, 0.05) is 13.2 Å². The molecular weight excluding hydrogens is 126 g/mol. The van der Waals surface area contributed by atoms with Crippen molar-refractivity contribution in [2.24, 2.45) is 5.73 Å². The molecule has 1 heterocycles. The second kappa shape index (κ2) is 2.54. The third-order valence-electron chi connectivity index (χ3n) is 1.42. The third kappa shape index (κ3) is 1.17. The molecule has 0 amide bonds. The quantitative estimate of drug-likeness (QED) is 0.515. The average molecular weight is 135 g/mol. The van der Waals surface area contributed by atoms with Crippen LogP contribution in [0.4, 0.5) is 0 Å². The Morgan fingerprint density at radius 3 is 3.00 bits per heavy atom. The van der Waals surface area contributed by atoms with Gasteiger partial charge in [0.25, 0.3) is 0 Å². The molecular formula is C7H9N3. The van der Waals surface area contributed by atoms with Crippen LogP contribution in [0.3, 0.4) is 0 Å². The highest BCUT2D eigenvalue weighted by Crippen LogP contribution is 2.06. The molecule has 0 saturated heterocycles. The number of rotatable bonds is 0. The minimum absolute atomic E-state index is 0.0860. The number of likely N-dealkylation sites (N-methyl/N-ethyl adjacent to an activating group) is 1. The SMILES string of the molecule is CN1C=C(C#N)C=C[C@@H]1N. The third-order valence-corrected chi connectivity index (χ3v) is 1.42. The van der Waals surface area contributed by atoms with E-state index in [2.05, 4.69) is 0 Å². The maximum Gasteiger partial charge on any atom is 0.101 e. The maximum absolute atomic E-state index is 8.46. The number of allylic oxidation sites excluding steroid dienone is 2. The van der Waals surface area contributed by atoms with Crippen molar-refractivity contribution in [1.29, 1.82) is 5.26 Å². The van der Waals surface area contributed by atoms with Crippen LogP contribution in [0, 0.1) is 11.3 Å². The fourth-order valence-corrected chi connectivity index (χ4v) is 0.753. The van der Waals surface area contributed by atoms with E-state index in [0.29, 0.717) is 5.57 Å².